The van der Waals surface area contributed by atoms with Crippen molar-refractivity contribution >= 4 is 11.8 Å². The Morgan fingerprint density at radius 1 is 0.962 bits per heavy atom. The van der Waals surface area contributed by atoms with Crippen molar-refractivity contribution < 1.29 is 14.0 Å². The van der Waals surface area contributed by atoms with E-state index in [1.165, 1.54) is 6.07 Å². The van der Waals surface area contributed by atoms with E-state index >= 15 is 0 Å². The molecular weight excluding hydrogens is 331 g/mol. The van der Waals surface area contributed by atoms with Crippen LogP contribution in [-0.4, -0.2) is 17.9 Å². The van der Waals surface area contributed by atoms with E-state index in [0.29, 0.717) is 24.0 Å². The lowest BCUT2D eigenvalue weighted by Crippen LogP contribution is -2.46. The molecule has 0 aromatic heterocycles. The van der Waals surface area contributed by atoms with Crippen LogP contribution in [0.2, 0.25) is 0 Å². The van der Waals surface area contributed by atoms with Crippen molar-refractivity contribution in [3.63, 3.8) is 0 Å². The molecule has 5 heteroatoms. The summed E-state index contributed by atoms with van der Waals surface area (Å²) in [7, 11) is 0. The van der Waals surface area contributed by atoms with Crippen LogP contribution in [0.5, 0.6) is 0 Å². The Kier molecular flexibility index (Phi) is 5.07. The van der Waals surface area contributed by atoms with E-state index < -0.39 is 11.5 Å². The predicted octanol–water partition coefficient (Wildman–Crippen LogP) is 3.24. The van der Waals surface area contributed by atoms with E-state index in [9.17, 15) is 14.0 Å². The highest BCUT2D eigenvalue weighted by atomic mass is 19.1. The average molecular weight is 354 g/mol. The first-order chi connectivity index (χ1) is 12.4. The Bertz CT molecular complexity index is 801. The summed E-state index contributed by atoms with van der Waals surface area (Å²) >= 11 is 0. The molecule has 136 valence electrons. The molecule has 1 aliphatic rings. The quantitative estimate of drug-likeness (QED) is 0.837. The van der Waals surface area contributed by atoms with Crippen LogP contribution in [0.25, 0.3) is 0 Å². The predicted molar refractivity (Wildman–Crippen MR) is 97.9 cm³/mol. The fraction of sp³-hybridized carbons (Fsp3) is 0.333. The van der Waals surface area contributed by atoms with Crippen molar-refractivity contribution in [3.8, 4) is 0 Å². The van der Waals surface area contributed by atoms with E-state index in [2.05, 4.69) is 10.6 Å². The Labute approximate surface area is 152 Å². The molecule has 1 atom stereocenters. The van der Waals surface area contributed by atoms with Gasteiger partial charge in [0.05, 0.1) is 5.41 Å². The summed E-state index contributed by atoms with van der Waals surface area (Å²) in [6.07, 6.45) is 1.15. The molecule has 0 saturated heterocycles. The molecule has 2 aromatic carbocycles. The van der Waals surface area contributed by atoms with Gasteiger partial charge in [-0.15, -0.1) is 0 Å². The van der Waals surface area contributed by atoms with E-state index in [4.69, 9.17) is 0 Å². The summed E-state index contributed by atoms with van der Waals surface area (Å²) in [6, 6.07) is 14.6. The molecule has 0 radical (unpaired) electrons. The van der Waals surface area contributed by atoms with Gasteiger partial charge in [0.15, 0.2) is 0 Å². The number of carbonyl (C=O) groups excluding carboxylic acids is 2. The van der Waals surface area contributed by atoms with Gasteiger partial charge < -0.3 is 10.6 Å². The van der Waals surface area contributed by atoms with Gasteiger partial charge in [-0.25, -0.2) is 4.39 Å². The Balaban J connectivity index is 1.86. The van der Waals surface area contributed by atoms with Crippen LogP contribution in [0.4, 0.5) is 4.39 Å². The largest absolute Gasteiger partial charge is 0.352 e. The first-order valence-corrected chi connectivity index (χ1v) is 8.85. The maximum atomic E-state index is 14.2. The monoisotopic (exact) mass is 354 g/mol. The molecule has 26 heavy (non-hydrogen) atoms. The minimum atomic E-state index is -0.878. The molecule has 2 amide bonds. The third-order valence-electron chi connectivity index (χ3n) is 4.68. The smallest absolute Gasteiger partial charge is 0.247 e. The zero-order chi connectivity index (χ0) is 18.7. The fourth-order valence-electron chi connectivity index (χ4n) is 3.18. The zero-order valence-corrected chi connectivity index (χ0v) is 15.0. The lowest BCUT2D eigenvalue weighted by atomic mass is 9.93. The molecule has 1 fully saturated rings. The van der Waals surface area contributed by atoms with Gasteiger partial charge in [-0.1, -0.05) is 48.5 Å². The van der Waals surface area contributed by atoms with Gasteiger partial charge in [-0.05, 0) is 38.3 Å². The molecule has 1 unspecified atom stereocenters. The minimum absolute atomic E-state index is 0.0490. The van der Waals surface area contributed by atoms with Gasteiger partial charge in [0.2, 0.25) is 11.8 Å². The van der Waals surface area contributed by atoms with Gasteiger partial charge in [-0.3, -0.25) is 9.59 Å². The average Bonchev–Trinajstić information content (AvgIpc) is 3.41. The Morgan fingerprint density at radius 3 is 2.15 bits per heavy atom. The number of benzene rings is 2. The van der Waals surface area contributed by atoms with Gasteiger partial charge in [-0.2, -0.15) is 0 Å². The molecule has 2 aromatic rings. The highest BCUT2D eigenvalue weighted by Gasteiger charge is 2.53. The molecule has 3 rings (SSSR count). The summed E-state index contributed by atoms with van der Waals surface area (Å²) < 4.78 is 14.2. The van der Waals surface area contributed by atoms with Crippen molar-refractivity contribution in [2.75, 3.05) is 0 Å². The van der Waals surface area contributed by atoms with Crippen LogP contribution in [0.15, 0.2) is 54.6 Å². The summed E-state index contributed by atoms with van der Waals surface area (Å²) in [5.74, 6) is -0.970. The summed E-state index contributed by atoms with van der Waals surface area (Å²) in [4.78, 5) is 25.6. The molecule has 0 heterocycles. The normalized spacial score (nSPS) is 16.0. The zero-order valence-electron chi connectivity index (χ0n) is 15.0. The number of hydrogen-bond donors (Lipinski definition) is 2. The highest BCUT2D eigenvalue weighted by molar-refractivity contribution is 5.95. The van der Waals surface area contributed by atoms with E-state index in [1.807, 2.05) is 32.0 Å². The van der Waals surface area contributed by atoms with E-state index in [-0.39, 0.29) is 23.7 Å². The van der Waals surface area contributed by atoms with Crippen LogP contribution in [0.3, 0.4) is 0 Å². The SMILES string of the molecule is CC(C)NC(=O)C(NC(=O)C1(c2ccccc2F)CC1)c1ccccc1. The number of carbonyl (C=O) groups is 2. The first-order valence-electron chi connectivity index (χ1n) is 8.85. The number of hydrogen-bond acceptors (Lipinski definition) is 2. The number of nitrogens with one attached hydrogen (secondary N) is 2. The number of amides is 2. The van der Waals surface area contributed by atoms with Crippen LogP contribution in [0.1, 0.15) is 43.9 Å². The first kappa shape index (κ1) is 18.1. The molecule has 2 N–H and O–H groups in total. The minimum Gasteiger partial charge on any atom is -0.352 e. The van der Waals surface area contributed by atoms with Crippen LogP contribution in [-0.2, 0) is 15.0 Å². The van der Waals surface area contributed by atoms with Crippen LogP contribution >= 0.6 is 0 Å². The van der Waals surface area contributed by atoms with E-state index in [1.54, 1.807) is 30.3 Å². The van der Waals surface area contributed by atoms with Gasteiger partial charge in [0, 0.05) is 11.6 Å². The Hall–Kier alpha value is -2.69. The van der Waals surface area contributed by atoms with Crippen molar-refractivity contribution in [1.82, 2.24) is 10.6 Å². The third-order valence-corrected chi connectivity index (χ3v) is 4.68. The van der Waals surface area contributed by atoms with Crippen molar-refractivity contribution in [1.29, 1.82) is 0 Å². The third kappa shape index (κ3) is 3.62. The number of halogens is 1. The Morgan fingerprint density at radius 2 is 1.58 bits per heavy atom. The van der Waals surface area contributed by atoms with Gasteiger partial charge in [0.1, 0.15) is 11.9 Å². The maximum Gasteiger partial charge on any atom is 0.247 e. The summed E-state index contributed by atoms with van der Waals surface area (Å²) in [5.41, 5.74) is 0.216. The lowest BCUT2D eigenvalue weighted by Gasteiger charge is -2.24. The van der Waals surface area contributed by atoms with E-state index in [0.717, 1.165) is 0 Å². The molecule has 0 aliphatic heterocycles. The maximum absolute atomic E-state index is 14.2. The molecule has 1 saturated carbocycles. The standard InChI is InChI=1S/C21H23FN2O2/c1-14(2)23-19(25)18(15-8-4-3-5-9-15)24-20(26)21(12-13-21)16-10-6-7-11-17(16)22/h3-11,14,18H,12-13H2,1-2H3,(H,23,25)(H,24,26). The van der Waals surface area contributed by atoms with Crippen LogP contribution in [0, 0.1) is 5.82 Å². The van der Waals surface area contributed by atoms with Crippen molar-refractivity contribution in [2.24, 2.45) is 0 Å². The second-order valence-electron chi connectivity index (χ2n) is 7.04. The summed E-state index contributed by atoms with van der Waals surface area (Å²) in [5, 5.41) is 5.69. The van der Waals surface area contributed by atoms with Gasteiger partial charge in [0.25, 0.3) is 0 Å². The van der Waals surface area contributed by atoms with Crippen LogP contribution < -0.4 is 10.6 Å². The second kappa shape index (κ2) is 7.28. The topological polar surface area (TPSA) is 58.2 Å². The molecule has 1 aliphatic carbocycles. The van der Waals surface area contributed by atoms with Crippen molar-refractivity contribution in [3.05, 3.63) is 71.5 Å². The molecule has 0 spiro atoms. The number of rotatable bonds is 6. The fourth-order valence-corrected chi connectivity index (χ4v) is 3.18. The molecule has 0 bridgehead atoms. The highest BCUT2D eigenvalue weighted by Crippen LogP contribution is 2.49. The lowest BCUT2D eigenvalue weighted by molar-refractivity contribution is -0.130. The molecular formula is C21H23FN2O2. The summed E-state index contributed by atoms with van der Waals surface area (Å²) in [6.45, 7) is 3.73. The van der Waals surface area contributed by atoms with Gasteiger partial charge >= 0.3 is 0 Å². The molecule has 4 nitrogen and oxygen atoms in total. The second-order valence-corrected chi connectivity index (χ2v) is 7.04. The van der Waals surface area contributed by atoms with Crippen molar-refractivity contribution in [2.45, 2.75) is 44.2 Å².